The number of aliphatic hydroxyl groups is 1. The number of benzene rings is 1. The quantitative estimate of drug-likeness (QED) is 0.863. The summed E-state index contributed by atoms with van der Waals surface area (Å²) in [6.07, 6.45) is -0.0818. The molecule has 0 fully saturated rings. The SMILES string of the molecule is CC(C)(C)c1nc(C2C[C@H](O)c3ccccc3O2)cs1. The van der Waals surface area contributed by atoms with E-state index < -0.39 is 6.10 Å². The number of nitrogens with zero attached hydrogens (tertiary/aromatic N) is 1. The Bertz CT molecular complexity index is 615. The third kappa shape index (κ3) is 2.45. The van der Waals surface area contributed by atoms with Crippen LogP contribution in [0.15, 0.2) is 29.6 Å². The van der Waals surface area contributed by atoms with Gasteiger partial charge in [-0.1, -0.05) is 39.0 Å². The van der Waals surface area contributed by atoms with E-state index in [0.29, 0.717) is 6.42 Å². The zero-order valence-corrected chi connectivity index (χ0v) is 12.8. The molecular weight excluding hydrogens is 270 g/mol. The number of aliphatic hydroxyl groups excluding tert-OH is 1. The number of rotatable bonds is 1. The van der Waals surface area contributed by atoms with Crippen molar-refractivity contribution in [3.05, 3.63) is 45.9 Å². The molecule has 0 amide bonds. The second-order valence-electron chi connectivity index (χ2n) is 6.22. The molecule has 1 N–H and O–H groups in total. The van der Waals surface area contributed by atoms with Crippen molar-refractivity contribution in [1.29, 1.82) is 0 Å². The number of ether oxygens (including phenoxy) is 1. The van der Waals surface area contributed by atoms with Crippen LogP contribution in [0.2, 0.25) is 0 Å². The molecule has 1 aromatic heterocycles. The number of fused-ring (bicyclic) bond motifs is 1. The van der Waals surface area contributed by atoms with Gasteiger partial charge in [-0.3, -0.25) is 0 Å². The van der Waals surface area contributed by atoms with Crippen LogP contribution in [0.5, 0.6) is 5.75 Å². The van der Waals surface area contributed by atoms with Crippen LogP contribution >= 0.6 is 11.3 Å². The van der Waals surface area contributed by atoms with Crippen molar-refractivity contribution in [3.8, 4) is 5.75 Å². The third-order valence-electron chi connectivity index (χ3n) is 3.48. The summed E-state index contributed by atoms with van der Waals surface area (Å²) in [6.45, 7) is 6.46. The van der Waals surface area contributed by atoms with E-state index in [1.807, 2.05) is 29.6 Å². The first-order valence-corrected chi connectivity index (χ1v) is 7.72. The summed E-state index contributed by atoms with van der Waals surface area (Å²) in [7, 11) is 0. The number of hydrogen-bond donors (Lipinski definition) is 1. The molecule has 4 heteroatoms. The molecule has 1 unspecified atom stereocenters. The topological polar surface area (TPSA) is 42.4 Å². The van der Waals surface area contributed by atoms with E-state index >= 15 is 0 Å². The second-order valence-corrected chi connectivity index (χ2v) is 7.08. The minimum atomic E-state index is -0.482. The fraction of sp³-hybridized carbons (Fsp3) is 0.438. The van der Waals surface area contributed by atoms with Crippen molar-refractivity contribution < 1.29 is 9.84 Å². The average Bonchev–Trinajstić information content (AvgIpc) is 2.88. The van der Waals surface area contributed by atoms with Crippen LogP contribution < -0.4 is 4.74 Å². The Kier molecular flexibility index (Phi) is 3.30. The van der Waals surface area contributed by atoms with Gasteiger partial charge < -0.3 is 9.84 Å². The number of thiazole rings is 1. The molecule has 2 heterocycles. The first-order chi connectivity index (χ1) is 9.45. The summed E-state index contributed by atoms with van der Waals surface area (Å²) in [5, 5.41) is 13.4. The van der Waals surface area contributed by atoms with Crippen LogP contribution in [-0.4, -0.2) is 10.1 Å². The van der Waals surface area contributed by atoms with Crippen LogP contribution in [0.25, 0.3) is 0 Å². The highest BCUT2D eigenvalue weighted by Crippen LogP contribution is 2.41. The molecule has 0 saturated heterocycles. The summed E-state index contributed by atoms with van der Waals surface area (Å²) < 4.78 is 6.00. The van der Waals surface area contributed by atoms with Gasteiger partial charge in [0.1, 0.15) is 11.9 Å². The van der Waals surface area contributed by atoms with Gasteiger partial charge in [0.25, 0.3) is 0 Å². The lowest BCUT2D eigenvalue weighted by Gasteiger charge is -2.28. The predicted molar refractivity (Wildman–Crippen MR) is 80.2 cm³/mol. The average molecular weight is 289 g/mol. The normalized spacial score (nSPS) is 22.2. The minimum absolute atomic E-state index is 0.0497. The monoisotopic (exact) mass is 289 g/mol. The minimum Gasteiger partial charge on any atom is -0.484 e. The first-order valence-electron chi connectivity index (χ1n) is 6.84. The maximum absolute atomic E-state index is 10.3. The summed E-state index contributed by atoms with van der Waals surface area (Å²) in [5.41, 5.74) is 1.84. The Morgan fingerprint density at radius 1 is 1.30 bits per heavy atom. The Hall–Kier alpha value is -1.39. The van der Waals surface area contributed by atoms with Crippen LogP contribution in [0, 0.1) is 0 Å². The molecular formula is C16H19NO2S. The fourth-order valence-electron chi connectivity index (χ4n) is 2.35. The van der Waals surface area contributed by atoms with Gasteiger partial charge in [0.2, 0.25) is 0 Å². The summed E-state index contributed by atoms with van der Waals surface area (Å²) >= 11 is 1.66. The van der Waals surface area contributed by atoms with E-state index in [1.165, 1.54) is 0 Å². The van der Waals surface area contributed by atoms with Gasteiger partial charge in [0.15, 0.2) is 0 Å². The first kappa shape index (κ1) is 13.6. The van der Waals surface area contributed by atoms with Crippen LogP contribution in [0.4, 0.5) is 0 Å². The van der Waals surface area contributed by atoms with Crippen molar-refractivity contribution in [2.24, 2.45) is 0 Å². The molecule has 0 spiro atoms. The van der Waals surface area contributed by atoms with E-state index in [1.54, 1.807) is 11.3 Å². The van der Waals surface area contributed by atoms with Gasteiger partial charge in [0.05, 0.1) is 16.8 Å². The third-order valence-corrected chi connectivity index (χ3v) is 4.76. The zero-order chi connectivity index (χ0) is 14.3. The lowest BCUT2D eigenvalue weighted by Crippen LogP contribution is -2.19. The standard InChI is InChI=1S/C16H19NO2S/c1-16(2,3)15-17-11(9-20-15)14-8-12(18)10-6-4-5-7-13(10)19-14/h4-7,9,12,14,18H,8H2,1-3H3/t12-,14?/m0/s1. The summed E-state index contributed by atoms with van der Waals surface area (Å²) in [4.78, 5) is 4.69. The molecule has 20 heavy (non-hydrogen) atoms. The van der Waals surface area contributed by atoms with Crippen molar-refractivity contribution >= 4 is 11.3 Å². The Morgan fingerprint density at radius 3 is 2.75 bits per heavy atom. The fourth-order valence-corrected chi connectivity index (χ4v) is 3.30. The second kappa shape index (κ2) is 4.86. The molecule has 106 valence electrons. The highest BCUT2D eigenvalue weighted by molar-refractivity contribution is 7.09. The van der Waals surface area contributed by atoms with E-state index in [9.17, 15) is 5.11 Å². The molecule has 3 nitrogen and oxygen atoms in total. The largest absolute Gasteiger partial charge is 0.484 e. The smallest absolute Gasteiger partial charge is 0.144 e. The molecule has 0 radical (unpaired) electrons. The highest BCUT2D eigenvalue weighted by Gasteiger charge is 2.30. The van der Waals surface area contributed by atoms with Gasteiger partial charge in [-0.15, -0.1) is 11.3 Å². The molecule has 0 bridgehead atoms. The molecule has 1 aromatic carbocycles. The van der Waals surface area contributed by atoms with Crippen molar-refractivity contribution in [1.82, 2.24) is 4.98 Å². The number of para-hydroxylation sites is 1. The van der Waals surface area contributed by atoms with E-state index in [0.717, 1.165) is 22.0 Å². The maximum atomic E-state index is 10.3. The van der Waals surface area contributed by atoms with E-state index in [-0.39, 0.29) is 11.5 Å². The van der Waals surface area contributed by atoms with E-state index in [4.69, 9.17) is 9.72 Å². The Balaban J connectivity index is 1.88. The Morgan fingerprint density at radius 2 is 2.05 bits per heavy atom. The number of aromatic nitrogens is 1. The van der Waals surface area contributed by atoms with Crippen LogP contribution in [0.3, 0.4) is 0 Å². The molecule has 1 aliphatic rings. The van der Waals surface area contributed by atoms with Crippen molar-refractivity contribution in [3.63, 3.8) is 0 Å². The van der Waals surface area contributed by atoms with Gasteiger partial charge in [-0.2, -0.15) is 0 Å². The summed E-state index contributed by atoms with van der Waals surface area (Å²) in [6, 6.07) is 7.67. The van der Waals surface area contributed by atoms with Crippen molar-refractivity contribution in [2.45, 2.75) is 44.8 Å². The predicted octanol–water partition coefficient (Wildman–Crippen LogP) is 4.00. The summed E-state index contributed by atoms with van der Waals surface area (Å²) in [5.74, 6) is 0.765. The molecule has 0 saturated carbocycles. The maximum Gasteiger partial charge on any atom is 0.144 e. The Labute approximate surface area is 123 Å². The van der Waals surface area contributed by atoms with Gasteiger partial charge >= 0.3 is 0 Å². The molecule has 3 rings (SSSR count). The van der Waals surface area contributed by atoms with Gasteiger partial charge in [-0.05, 0) is 6.07 Å². The van der Waals surface area contributed by atoms with Gasteiger partial charge in [0, 0.05) is 22.8 Å². The zero-order valence-electron chi connectivity index (χ0n) is 12.0. The van der Waals surface area contributed by atoms with Crippen molar-refractivity contribution in [2.75, 3.05) is 0 Å². The van der Waals surface area contributed by atoms with Gasteiger partial charge in [-0.25, -0.2) is 4.98 Å². The van der Waals surface area contributed by atoms with Crippen LogP contribution in [-0.2, 0) is 5.41 Å². The van der Waals surface area contributed by atoms with E-state index in [2.05, 4.69) is 20.8 Å². The molecule has 1 aliphatic heterocycles. The lowest BCUT2D eigenvalue weighted by atomic mass is 9.97. The highest BCUT2D eigenvalue weighted by atomic mass is 32.1. The number of hydrogen-bond acceptors (Lipinski definition) is 4. The molecule has 0 aliphatic carbocycles. The lowest BCUT2D eigenvalue weighted by molar-refractivity contribution is 0.0638. The van der Waals surface area contributed by atoms with Crippen LogP contribution in [0.1, 0.15) is 55.7 Å². The molecule has 2 aromatic rings. The molecule has 2 atom stereocenters.